The smallest absolute Gasteiger partial charge is 0.198 e. The van der Waals surface area contributed by atoms with Crippen LogP contribution >= 0.6 is 15.9 Å². The molecule has 0 radical (unpaired) electrons. The zero-order valence-electron chi connectivity index (χ0n) is 10.0. The van der Waals surface area contributed by atoms with Gasteiger partial charge in [0.25, 0.3) is 0 Å². The maximum atomic E-state index is 5.90. The van der Waals surface area contributed by atoms with Crippen molar-refractivity contribution >= 4 is 27.0 Å². The molecule has 2 aromatic rings. The van der Waals surface area contributed by atoms with Crippen LogP contribution in [0, 0.1) is 6.92 Å². The molecule has 0 unspecified atom stereocenters. The molecule has 1 aliphatic rings. The largest absolute Gasteiger partial charge is 0.440 e. The Morgan fingerprint density at radius 2 is 2.00 bits per heavy atom. The Hall–Kier alpha value is -0.830. The van der Waals surface area contributed by atoms with Gasteiger partial charge in [0.1, 0.15) is 5.52 Å². The van der Waals surface area contributed by atoms with Crippen molar-refractivity contribution in [1.82, 2.24) is 4.98 Å². The first-order valence-electron chi connectivity index (χ1n) is 6.30. The molecule has 90 valence electrons. The Kier molecular flexibility index (Phi) is 2.95. The highest BCUT2D eigenvalue weighted by Crippen LogP contribution is 2.34. The van der Waals surface area contributed by atoms with E-state index in [9.17, 15) is 0 Å². The number of hydrogen-bond acceptors (Lipinski definition) is 2. The molecule has 17 heavy (non-hydrogen) atoms. The van der Waals surface area contributed by atoms with E-state index >= 15 is 0 Å². The summed E-state index contributed by atoms with van der Waals surface area (Å²) < 4.78 is 7.00. The maximum absolute atomic E-state index is 5.90. The third-order valence-electron chi connectivity index (χ3n) is 3.64. The summed E-state index contributed by atoms with van der Waals surface area (Å²) in [7, 11) is 0. The summed E-state index contributed by atoms with van der Waals surface area (Å²) in [6.45, 7) is 2.08. The van der Waals surface area contributed by atoms with Gasteiger partial charge in [0.15, 0.2) is 11.5 Å². The number of hydrogen-bond donors (Lipinski definition) is 0. The average Bonchev–Trinajstić information content (AvgIpc) is 2.74. The number of aromatic nitrogens is 1. The van der Waals surface area contributed by atoms with Crippen molar-refractivity contribution in [3.8, 4) is 0 Å². The second-order valence-corrected chi connectivity index (χ2v) is 5.81. The van der Waals surface area contributed by atoms with Crippen molar-refractivity contribution in [1.29, 1.82) is 0 Å². The van der Waals surface area contributed by atoms with E-state index in [0.29, 0.717) is 5.92 Å². The Balaban J connectivity index is 2.00. The van der Waals surface area contributed by atoms with Gasteiger partial charge >= 0.3 is 0 Å². The highest BCUT2D eigenvalue weighted by molar-refractivity contribution is 9.10. The summed E-state index contributed by atoms with van der Waals surface area (Å²) in [5.74, 6) is 1.48. The van der Waals surface area contributed by atoms with Crippen LogP contribution in [0.3, 0.4) is 0 Å². The zero-order valence-corrected chi connectivity index (χ0v) is 11.6. The Morgan fingerprint density at radius 3 is 2.76 bits per heavy atom. The van der Waals surface area contributed by atoms with E-state index < -0.39 is 0 Å². The first-order chi connectivity index (χ1) is 8.24. The highest BCUT2D eigenvalue weighted by Gasteiger charge is 2.21. The lowest BCUT2D eigenvalue weighted by Crippen LogP contribution is -2.04. The second-order valence-electron chi connectivity index (χ2n) is 4.96. The summed E-state index contributed by atoms with van der Waals surface area (Å²) >= 11 is 3.53. The van der Waals surface area contributed by atoms with Crippen LogP contribution in [0.25, 0.3) is 11.1 Å². The molecule has 1 heterocycles. The number of nitrogens with zero attached hydrogens (tertiary/aromatic N) is 1. The van der Waals surface area contributed by atoms with E-state index in [1.54, 1.807) is 0 Å². The molecule has 1 aliphatic carbocycles. The Bertz CT molecular complexity index is 501. The van der Waals surface area contributed by atoms with Gasteiger partial charge in [-0.05, 0) is 37.5 Å². The molecule has 0 bridgehead atoms. The molecule has 1 saturated carbocycles. The number of rotatable bonds is 1. The van der Waals surface area contributed by atoms with Crippen LogP contribution in [0.15, 0.2) is 21.0 Å². The lowest BCUT2D eigenvalue weighted by Gasteiger charge is -2.17. The lowest BCUT2D eigenvalue weighted by atomic mass is 9.89. The molecule has 3 heteroatoms. The fourth-order valence-corrected chi connectivity index (χ4v) is 2.92. The molecule has 3 rings (SSSR count). The predicted molar refractivity (Wildman–Crippen MR) is 72.3 cm³/mol. The number of oxazole rings is 1. The molecule has 0 aliphatic heterocycles. The van der Waals surface area contributed by atoms with Crippen molar-refractivity contribution in [2.75, 3.05) is 0 Å². The van der Waals surface area contributed by atoms with Crippen LogP contribution in [0.2, 0.25) is 0 Å². The van der Waals surface area contributed by atoms with Gasteiger partial charge in [-0.2, -0.15) is 0 Å². The van der Waals surface area contributed by atoms with E-state index in [4.69, 9.17) is 4.42 Å². The zero-order chi connectivity index (χ0) is 11.8. The van der Waals surface area contributed by atoms with Gasteiger partial charge in [0.2, 0.25) is 0 Å². The SMILES string of the molecule is Cc1cc2nc(C3CCCCC3)oc2cc1Br. The van der Waals surface area contributed by atoms with Gasteiger partial charge in [0.05, 0.1) is 0 Å². The van der Waals surface area contributed by atoms with E-state index in [-0.39, 0.29) is 0 Å². The van der Waals surface area contributed by atoms with Crippen LogP contribution < -0.4 is 0 Å². The number of fused-ring (bicyclic) bond motifs is 1. The molecule has 0 amide bonds. The van der Waals surface area contributed by atoms with Crippen molar-refractivity contribution in [3.63, 3.8) is 0 Å². The molecule has 0 N–H and O–H groups in total. The Labute approximate surface area is 110 Å². The fourth-order valence-electron chi connectivity index (χ4n) is 2.60. The van der Waals surface area contributed by atoms with Crippen LogP contribution in [-0.4, -0.2) is 4.98 Å². The molecule has 2 nitrogen and oxygen atoms in total. The van der Waals surface area contributed by atoms with E-state index in [1.807, 2.05) is 6.07 Å². The first-order valence-corrected chi connectivity index (χ1v) is 7.10. The average molecular weight is 294 g/mol. The number of halogens is 1. The van der Waals surface area contributed by atoms with Gasteiger partial charge in [0, 0.05) is 10.4 Å². The molecule has 0 saturated heterocycles. The minimum atomic E-state index is 0.537. The molecular formula is C14H16BrNO. The molecule has 0 spiro atoms. The molecule has 1 aromatic carbocycles. The summed E-state index contributed by atoms with van der Waals surface area (Å²) in [6, 6.07) is 4.12. The van der Waals surface area contributed by atoms with Gasteiger partial charge in [-0.15, -0.1) is 0 Å². The van der Waals surface area contributed by atoms with Crippen LogP contribution in [0.5, 0.6) is 0 Å². The van der Waals surface area contributed by atoms with Crippen molar-refractivity contribution in [3.05, 3.63) is 28.1 Å². The van der Waals surface area contributed by atoms with Gasteiger partial charge in [-0.25, -0.2) is 4.98 Å². The van der Waals surface area contributed by atoms with E-state index in [2.05, 4.69) is 33.9 Å². The minimum absolute atomic E-state index is 0.537. The van der Waals surface area contributed by atoms with Gasteiger partial charge < -0.3 is 4.42 Å². The monoisotopic (exact) mass is 293 g/mol. The quantitative estimate of drug-likeness (QED) is 0.744. The molecule has 1 fully saturated rings. The summed E-state index contributed by atoms with van der Waals surface area (Å²) in [6.07, 6.45) is 6.44. The molecule has 1 aromatic heterocycles. The minimum Gasteiger partial charge on any atom is -0.440 e. The van der Waals surface area contributed by atoms with Crippen LogP contribution in [0.1, 0.15) is 49.5 Å². The molecular weight excluding hydrogens is 278 g/mol. The fraction of sp³-hybridized carbons (Fsp3) is 0.500. The second kappa shape index (κ2) is 4.45. The third kappa shape index (κ3) is 2.13. The Morgan fingerprint density at radius 1 is 1.24 bits per heavy atom. The number of aryl methyl sites for hydroxylation is 1. The van der Waals surface area contributed by atoms with Crippen molar-refractivity contribution in [2.24, 2.45) is 0 Å². The van der Waals surface area contributed by atoms with Crippen LogP contribution in [-0.2, 0) is 0 Å². The van der Waals surface area contributed by atoms with Crippen LogP contribution in [0.4, 0.5) is 0 Å². The lowest BCUT2D eigenvalue weighted by molar-refractivity contribution is 0.373. The van der Waals surface area contributed by atoms with Crippen molar-refractivity contribution in [2.45, 2.75) is 44.9 Å². The topological polar surface area (TPSA) is 26.0 Å². The van der Waals surface area contributed by atoms with Gasteiger partial charge in [-0.1, -0.05) is 35.2 Å². The predicted octanol–water partition coefficient (Wildman–Crippen LogP) is 4.95. The first kappa shape index (κ1) is 11.3. The highest BCUT2D eigenvalue weighted by atomic mass is 79.9. The summed E-state index contributed by atoms with van der Waals surface area (Å²) in [5.41, 5.74) is 3.11. The van der Waals surface area contributed by atoms with E-state index in [0.717, 1.165) is 21.5 Å². The summed E-state index contributed by atoms with van der Waals surface area (Å²) in [5, 5.41) is 0. The third-order valence-corrected chi connectivity index (χ3v) is 4.49. The maximum Gasteiger partial charge on any atom is 0.198 e. The standard InChI is InChI=1S/C14H16BrNO/c1-9-7-12-13(8-11(9)15)17-14(16-12)10-5-3-2-4-6-10/h7-8,10H,2-6H2,1H3. The molecule has 0 atom stereocenters. The number of benzene rings is 1. The van der Waals surface area contributed by atoms with E-state index in [1.165, 1.54) is 37.7 Å². The normalized spacial score (nSPS) is 17.8. The summed E-state index contributed by atoms with van der Waals surface area (Å²) in [4.78, 5) is 4.65. The van der Waals surface area contributed by atoms with Crippen molar-refractivity contribution < 1.29 is 4.42 Å². The van der Waals surface area contributed by atoms with Gasteiger partial charge in [-0.3, -0.25) is 0 Å².